The lowest BCUT2D eigenvalue weighted by atomic mass is 9.41. The van der Waals surface area contributed by atoms with E-state index in [0.29, 0.717) is 19.3 Å². The molecule has 7 N–H and O–H groups in total. The van der Waals surface area contributed by atoms with E-state index in [-0.39, 0.29) is 19.3 Å². The Bertz CT molecular complexity index is 709. The zero-order valence-corrected chi connectivity index (χ0v) is 16.8. The second kappa shape index (κ2) is 5.78. The van der Waals surface area contributed by atoms with Gasteiger partial charge in [-0.3, -0.25) is 0 Å². The van der Waals surface area contributed by atoms with Gasteiger partial charge in [0.15, 0.2) is 0 Å². The first-order chi connectivity index (χ1) is 12.8. The molecule has 28 heavy (non-hydrogen) atoms. The molecule has 0 radical (unpaired) electrons. The van der Waals surface area contributed by atoms with Gasteiger partial charge in [-0.1, -0.05) is 25.5 Å². The molecule has 0 aliphatic heterocycles. The standard InChI is InChI=1S/C21H34O7/c1-11(22)19(26)8-9-21(28)18(19,3)16(25)14(24)15-17(2)6-5-13(23)10-12(17)4-7-20(15,21)27/h4,11,13-16,22-28H,5-10H2,1-3H3. The van der Waals surface area contributed by atoms with E-state index in [1.165, 1.54) is 13.8 Å². The van der Waals surface area contributed by atoms with Gasteiger partial charge >= 0.3 is 0 Å². The second-order valence-electron chi connectivity index (χ2n) is 10.2. The Balaban J connectivity index is 1.91. The quantitative estimate of drug-likeness (QED) is 0.298. The first-order valence-electron chi connectivity index (χ1n) is 10.4. The highest BCUT2D eigenvalue weighted by Gasteiger charge is 2.82. The lowest BCUT2D eigenvalue weighted by Crippen LogP contribution is -2.82. The van der Waals surface area contributed by atoms with Crippen molar-refractivity contribution in [2.75, 3.05) is 0 Å². The van der Waals surface area contributed by atoms with Crippen molar-refractivity contribution in [3.05, 3.63) is 11.6 Å². The van der Waals surface area contributed by atoms with Gasteiger partial charge in [-0.05, 0) is 50.9 Å². The molecule has 0 aromatic heterocycles. The van der Waals surface area contributed by atoms with Crippen molar-refractivity contribution in [2.24, 2.45) is 16.7 Å². The summed E-state index contributed by atoms with van der Waals surface area (Å²) in [6.45, 7) is 4.77. The third-order valence-electron chi connectivity index (χ3n) is 9.34. The van der Waals surface area contributed by atoms with Crippen LogP contribution >= 0.6 is 0 Å². The number of hydrogen-bond donors (Lipinski definition) is 7. The van der Waals surface area contributed by atoms with Crippen molar-refractivity contribution in [3.63, 3.8) is 0 Å². The lowest BCUT2D eigenvalue weighted by molar-refractivity contribution is -0.350. The molecule has 4 aliphatic carbocycles. The smallest absolute Gasteiger partial charge is 0.105 e. The lowest BCUT2D eigenvalue weighted by Gasteiger charge is -2.68. The molecule has 0 aromatic rings. The Morgan fingerprint density at radius 2 is 1.68 bits per heavy atom. The molecule has 10 atom stereocenters. The van der Waals surface area contributed by atoms with Crippen LogP contribution < -0.4 is 0 Å². The van der Waals surface area contributed by atoms with Crippen LogP contribution in [-0.2, 0) is 0 Å². The van der Waals surface area contributed by atoms with Crippen molar-refractivity contribution in [2.45, 2.75) is 101 Å². The number of aliphatic hydroxyl groups is 7. The van der Waals surface area contributed by atoms with Gasteiger partial charge in [0, 0.05) is 5.92 Å². The van der Waals surface area contributed by atoms with Gasteiger partial charge in [0.2, 0.25) is 0 Å². The molecule has 0 aromatic carbocycles. The molecule has 3 saturated carbocycles. The molecule has 10 unspecified atom stereocenters. The molecule has 0 saturated heterocycles. The minimum absolute atomic E-state index is 0.00246. The fourth-order valence-corrected chi connectivity index (χ4v) is 7.49. The molecule has 0 spiro atoms. The van der Waals surface area contributed by atoms with E-state index in [2.05, 4.69) is 0 Å². The molecule has 4 rings (SSSR count). The Kier molecular flexibility index (Phi) is 4.28. The van der Waals surface area contributed by atoms with E-state index in [0.717, 1.165) is 5.57 Å². The van der Waals surface area contributed by atoms with E-state index in [1.54, 1.807) is 0 Å². The molecule has 3 fully saturated rings. The third-order valence-corrected chi connectivity index (χ3v) is 9.34. The van der Waals surface area contributed by atoms with Gasteiger partial charge < -0.3 is 35.7 Å². The van der Waals surface area contributed by atoms with Gasteiger partial charge in [0.25, 0.3) is 0 Å². The van der Waals surface area contributed by atoms with Crippen molar-refractivity contribution >= 4 is 0 Å². The average molecular weight is 398 g/mol. The summed E-state index contributed by atoms with van der Waals surface area (Å²) in [5.74, 6) is -0.850. The number of rotatable bonds is 1. The van der Waals surface area contributed by atoms with Gasteiger partial charge in [-0.25, -0.2) is 0 Å². The molecule has 160 valence electrons. The third kappa shape index (κ3) is 1.99. The van der Waals surface area contributed by atoms with Crippen LogP contribution in [0.4, 0.5) is 0 Å². The maximum Gasteiger partial charge on any atom is 0.105 e. The molecule has 0 heterocycles. The first kappa shape index (κ1) is 20.7. The van der Waals surface area contributed by atoms with Crippen molar-refractivity contribution in [3.8, 4) is 0 Å². The monoisotopic (exact) mass is 398 g/mol. The zero-order valence-electron chi connectivity index (χ0n) is 16.8. The van der Waals surface area contributed by atoms with Gasteiger partial charge in [0.05, 0.1) is 29.8 Å². The predicted octanol–water partition coefficient (Wildman–Crippen LogP) is -0.407. The largest absolute Gasteiger partial charge is 0.393 e. The van der Waals surface area contributed by atoms with Crippen molar-refractivity contribution in [1.82, 2.24) is 0 Å². The maximum absolute atomic E-state index is 11.9. The van der Waals surface area contributed by atoms with Gasteiger partial charge in [-0.15, -0.1) is 0 Å². The molecular weight excluding hydrogens is 364 g/mol. The fraction of sp³-hybridized carbons (Fsp3) is 0.905. The van der Waals surface area contributed by atoms with Crippen LogP contribution in [0.1, 0.15) is 59.3 Å². The molecule has 0 amide bonds. The molecule has 7 heteroatoms. The van der Waals surface area contributed by atoms with Crippen LogP contribution in [0, 0.1) is 16.7 Å². The van der Waals surface area contributed by atoms with E-state index in [1.807, 2.05) is 13.0 Å². The molecule has 7 nitrogen and oxygen atoms in total. The van der Waals surface area contributed by atoms with Crippen LogP contribution in [0.5, 0.6) is 0 Å². The Labute approximate surface area is 165 Å². The Morgan fingerprint density at radius 3 is 2.29 bits per heavy atom. The number of hydrogen-bond acceptors (Lipinski definition) is 7. The summed E-state index contributed by atoms with van der Waals surface area (Å²) in [7, 11) is 0. The summed E-state index contributed by atoms with van der Waals surface area (Å²) in [6.07, 6.45) is -1.29. The molecular formula is C21H34O7. The summed E-state index contributed by atoms with van der Waals surface area (Å²) in [4.78, 5) is 0. The summed E-state index contributed by atoms with van der Waals surface area (Å²) in [5, 5.41) is 77.9. The summed E-state index contributed by atoms with van der Waals surface area (Å²) < 4.78 is 0. The average Bonchev–Trinajstić information content (AvgIpc) is 2.85. The van der Waals surface area contributed by atoms with Crippen LogP contribution in [0.3, 0.4) is 0 Å². The summed E-state index contributed by atoms with van der Waals surface area (Å²) >= 11 is 0. The predicted molar refractivity (Wildman–Crippen MR) is 100 cm³/mol. The minimum Gasteiger partial charge on any atom is -0.393 e. The molecule has 0 bridgehead atoms. The van der Waals surface area contributed by atoms with Crippen LogP contribution in [0.15, 0.2) is 11.6 Å². The van der Waals surface area contributed by atoms with E-state index < -0.39 is 58.0 Å². The van der Waals surface area contributed by atoms with E-state index in [9.17, 15) is 35.7 Å². The maximum atomic E-state index is 11.9. The Hall–Kier alpha value is -0.540. The zero-order chi connectivity index (χ0) is 20.9. The van der Waals surface area contributed by atoms with Crippen molar-refractivity contribution in [1.29, 1.82) is 0 Å². The van der Waals surface area contributed by atoms with Crippen LogP contribution in [-0.4, -0.2) is 77.0 Å². The topological polar surface area (TPSA) is 142 Å². The second-order valence-corrected chi connectivity index (χ2v) is 10.2. The van der Waals surface area contributed by atoms with Gasteiger partial charge in [-0.2, -0.15) is 0 Å². The Morgan fingerprint density at radius 1 is 1.04 bits per heavy atom. The number of aliphatic hydroxyl groups excluding tert-OH is 4. The highest BCUT2D eigenvalue weighted by molar-refractivity contribution is 5.37. The fourth-order valence-electron chi connectivity index (χ4n) is 7.49. The molecule has 4 aliphatic rings. The van der Waals surface area contributed by atoms with Crippen molar-refractivity contribution < 1.29 is 35.7 Å². The highest BCUT2D eigenvalue weighted by atomic mass is 16.4. The number of fused-ring (bicyclic) bond motifs is 5. The summed E-state index contributed by atoms with van der Waals surface area (Å²) in [6, 6.07) is 0. The first-order valence-corrected chi connectivity index (χ1v) is 10.4. The normalized spacial score (nSPS) is 59.7. The van der Waals surface area contributed by atoms with Gasteiger partial charge in [0.1, 0.15) is 16.8 Å². The van der Waals surface area contributed by atoms with Crippen LogP contribution in [0.2, 0.25) is 0 Å². The summed E-state index contributed by atoms with van der Waals surface area (Å²) in [5.41, 5.74) is -6.99. The van der Waals surface area contributed by atoms with E-state index in [4.69, 9.17) is 0 Å². The van der Waals surface area contributed by atoms with Crippen LogP contribution in [0.25, 0.3) is 0 Å². The minimum atomic E-state index is -1.89. The highest BCUT2D eigenvalue weighted by Crippen LogP contribution is 2.70. The SMILES string of the molecule is CC(O)C1(O)CCC2(O)C3(O)CC=C4CC(O)CCC4(C)C3C(O)C(O)C12C. The van der Waals surface area contributed by atoms with E-state index >= 15 is 0 Å².